The number of sulfonamides is 1. The third-order valence-electron chi connectivity index (χ3n) is 5.37. The molecule has 2 unspecified atom stereocenters. The van der Waals surface area contributed by atoms with Gasteiger partial charge in [0.1, 0.15) is 0 Å². The highest BCUT2D eigenvalue weighted by Gasteiger charge is 2.32. The van der Waals surface area contributed by atoms with Crippen LogP contribution in [0.3, 0.4) is 0 Å². The lowest BCUT2D eigenvalue weighted by Gasteiger charge is -2.34. The van der Waals surface area contributed by atoms with Gasteiger partial charge in [-0.1, -0.05) is 34.5 Å². The predicted molar refractivity (Wildman–Crippen MR) is 131 cm³/mol. The van der Waals surface area contributed by atoms with Crippen LogP contribution in [0.1, 0.15) is 31.1 Å². The number of rotatable bonds is 4. The maximum atomic E-state index is 13.0. The van der Waals surface area contributed by atoms with Gasteiger partial charge in [0, 0.05) is 25.2 Å². The summed E-state index contributed by atoms with van der Waals surface area (Å²) in [5, 5.41) is 1.07. The largest absolute Gasteiger partial charge is 0.373 e. The van der Waals surface area contributed by atoms with E-state index in [-0.39, 0.29) is 35.8 Å². The molecule has 0 radical (unpaired) electrons. The molecule has 2 heterocycles. The number of halogens is 2. The molecule has 1 aliphatic rings. The fourth-order valence-corrected chi connectivity index (χ4v) is 7.18. The molecule has 1 aliphatic heterocycles. The van der Waals surface area contributed by atoms with E-state index in [1.54, 1.807) is 12.1 Å². The highest BCUT2D eigenvalue weighted by molar-refractivity contribution is 7.89. The molecule has 0 N–H and O–H groups in total. The number of amides is 1. The van der Waals surface area contributed by atoms with E-state index in [9.17, 15) is 13.2 Å². The van der Waals surface area contributed by atoms with Gasteiger partial charge in [-0.3, -0.25) is 4.79 Å². The Morgan fingerprint density at radius 1 is 1.09 bits per heavy atom. The van der Waals surface area contributed by atoms with Crippen molar-refractivity contribution in [2.75, 3.05) is 13.1 Å². The van der Waals surface area contributed by atoms with Crippen LogP contribution in [-0.4, -0.2) is 48.5 Å². The molecule has 33 heavy (non-hydrogen) atoms. The number of benzene rings is 2. The van der Waals surface area contributed by atoms with Crippen molar-refractivity contribution in [3.8, 4) is 0 Å². The molecule has 176 valence electrons. The van der Waals surface area contributed by atoms with Crippen LogP contribution >= 0.6 is 34.5 Å². The lowest BCUT2D eigenvalue weighted by Crippen LogP contribution is -2.48. The molecule has 7 nitrogen and oxygen atoms in total. The fourth-order valence-electron chi connectivity index (χ4n) is 3.89. The first-order chi connectivity index (χ1) is 15.6. The summed E-state index contributed by atoms with van der Waals surface area (Å²) in [5.41, 5.74) is 1.02. The van der Waals surface area contributed by atoms with E-state index < -0.39 is 15.9 Å². The second kappa shape index (κ2) is 9.48. The maximum Gasteiger partial charge on any atom is 0.279 e. The van der Waals surface area contributed by atoms with Gasteiger partial charge >= 0.3 is 0 Å². The van der Waals surface area contributed by atoms with Crippen molar-refractivity contribution >= 4 is 60.7 Å². The lowest BCUT2D eigenvalue weighted by atomic mass is 10.2. The standard InChI is InChI=1S/C22H23Cl2N3O4S2/c1-4-27-19-17(23)9-10-18(24)20(19)32-22(27)25-21(28)15-5-7-16(8-6-15)33(29,30)26-11-13(2)31-14(3)12-26/h5-10,13-14H,4,11-12H2,1-3H3. The number of hydrogen-bond donors (Lipinski definition) is 0. The molecule has 0 saturated carbocycles. The van der Waals surface area contributed by atoms with E-state index in [4.69, 9.17) is 27.9 Å². The van der Waals surface area contributed by atoms with Crippen LogP contribution in [0.5, 0.6) is 0 Å². The highest BCUT2D eigenvalue weighted by Crippen LogP contribution is 2.32. The first-order valence-electron chi connectivity index (χ1n) is 10.4. The number of aryl methyl sites for hydroxylation is 1. The first kappa shape index (κ1) is 24.4. The van der Waals surface area contributed by atoms with Gasteiger partial charge < -0.3 is 9.30 Å². The number of carbonyl (C=O) groups excluding carboxylic acids is 1. The van der Waals surface area contributed by atoms with E-state index >= 15 is 0 Å². The van der Waals surface area contributed by atoms with Crippen LogP contribution in [-0.2, 0) is 21.3 Å². The molecule has 11 heteroatoms. The van der Waals surface area contributed by atoms with Gasteiger partial charge in [-0.2, -0.15) is 9.30 Å². The van der Waals surface area contributed by atoms with Gasteiger partial charge in [0.05, 0.1) is 37.4 Å². The van der Waals surface area contributed by atoms with Gasteiger partial charge in [-0.05, 0) is 57.2 Å². The smallest absolute Gasteiger partial charge is 0.279 e. The van der Waals surface area contributed by atoms with Crippen molar-refractivity contribution in [1.82, 2.24) is 8.87 Å². The van der Waals surface area contributed by atoms with Crippen molar-refractivity contribution in [3.63, 3.8) is 0 Å². The fraction of sp³-hybridized carbons (Fsp3) is 0.364. The summed E-state index contributed by atoms with van der Waals surface area (Å²) in [5.74, 6) is -0.478. The molecule has 2 aromatic carbocycles. The molecule has 1 amide bonds. The number of nitrogens with zero attached hydrogens (tertiary/aromatic N) is 3. The minimum atomic E-state index is -3.69. The number of fused-ring (bicyclic) bond motifs is 1. The van der Waals surface area contributed by atoms with Crippen LogP contribution in [0.4, 0.5) is 0 Å². The van der Waals surface area contributed by atoms with Crippen molar-refractivity contribution < 1.29 is 17.9 Å². The summed E-state index contributed by atoms with van der Waals surface area (Å²) in [6.45, 7) is 6.75. The highest BCUT2D eigenvalue weighted by atomic mass is 35.5. The third-order valence-corrected chi connectivity index (χ3v) is 9.06. The second-order valence-corrected chi connectivity index (χ2v) is 11.6. The number of morpholine rings is 1. The maximum absolute atomic E-state index is 13.0. The summed E-state index contributed by atoms with van der Waals surface area (Å²) in [7, 11) is -3.69. The summed E-state index contributed by atoms with van der Waals surface area (Å²) >= 11 is 13.9. The number of thiazole rings is 1. The van der Waals surface area contributed by atoms with Crippen LogP contribution < -0.4 is 4.80 Å². The van der Waals surface area contributed by atoms with Crippen LogP contribution in [0.2, 0.25) is 10.0 Å². The van der Waals surface area contributed by atoms with Gasteiger partial charge in [0.25, 0.3) is 5.91 Å². The zero-order chi connectivity index (χ0) is 23.9. The van der Waals surface area contributed by atoms with Gasteiger partial charge in [0.2, 0.25) is 10.0 Å². The average molecular weight is 528 g/mol. The SMILES string of the molecule is CCn1c(=NC(=O)c2ccc(S(=O)(=O)N3CC(C)OC(C)C3)cc2)sc2c(Cl)ccc(Cl)c21. The Bertz CT molecular complexity index is 1370. The Morgan fingerprint density at radius 3 is 2.30 bits per heavy atom. The van der Waals surface area contributed by atoms with Crippen molar-refractivity contribution in [1.29, 1.82) is 0 Å². The Kier molecular flexibility index (Phi) is 7.00. The number of ether oxygens (including phenoxy) is 1. The van der Waals surface area contributed by atoms with E-state index in [0.717, 1.165) is 10.2 Å². The zero-order valence-electron chi connectivity index (χ0n) is 18.3. The van der Waals surface area contributed by atoms with E-state index in [1.165, 1.54) is 39.9 Å². The van der Waals surface area contributed by atoms with Crippen molar-refractivity contribution in [3.05, 3.63) is 56.8 Å². The van der Waals surface area contributed by atoms with Crippen LogP contribution in [0, 0.1) is 0 Å². The van der Waals surface area contributed by atoms with Crippen molar-refractivity contribution in [2.24, 2.45) is 4.99 Å². The molecule has 0 bridgehead atoms. The molecule has 0 spiro atoms. The van der Waals surface area contributed by atoms with Gasteiger partial charge in [-0.15, -0.1) is 0 Å². The van der Waals surface area contributed by atoms with Crippen LogP contribution in [0.15, 0.2) is 46.3 Å². The summed E-state index contributed by atoms with van der Waals surface area (Å²) in [4.78, 5) is 17.7. The molecule has 1 fully saturated rings. The summed E-state index contributed by atoms with van der Waals surface area (Å²) < 4.78 is 35.7. The number of carbonyl (C=O) groups is 1. The molecule has 4 rings (SSSR count). The Morgan fingerprint density at radius 2 is 1.70 bits per heavy atom. The first-order valence-corrected chi connectivity index (χ1v) is 13.4. The molecule has 0 aliphatic carbocycles. The van der Waals surface area contributed by atoms with Crippen molar-refractivity contribution in [2.45, 2.75) is 44.4 Å². The normalized spacial score (nSPS) is 20.5. The van der Waals surface area contributed by atoms with Gasteiger partial charge in [0.15, 0.2) is 4.80 Å². The molecule has 3 aromatic rings. The monoisotopic (exact) mass is 527 g/mol. The van der Waals surface area contributed by atoms with E-state index in [0.29, 0.717) is 21.4 Å². The topological polar surface area (TPSA) is 81.0 Å². The molecular weight excluding hydrogens is 505 g/mol. The Hall–Kier alpha value is -1.75. The Labute approximate surface area is 206 Å². The number of hydrogen-bond acceptors (Lipinski definition) is 5. The second-order valence-electron chi connectivity index (χ2n) is 7.86. The molecular formula is C22H23Cl2N3O4S2. The molecule has 1 saturated heterocycles. The summed E-state index contributed by atoms with van der Waals surface area (Å²) in [6, 6.07) is 9.27. The minimum Gasteiger partial charge on any atom is -0.373 e. The van der Waals surface area contributed by atoms with Gasteiger partial charge in [-0.25, -0.2) is 8.42 Å². The lowest BCUT2D eigenvalue weighted by molar-refractivity contribution is -0.0440. The van der Waals surface area contributed by atoms with Crippen LogP contribution in [0.25, 0.3) is 10.2 Å². The zero-order valence-corrected chi connectivity index (χ0v) is 21.4. The third kappa shape index (κ3) is 4.76. The summed E-state index contributed by atoms with van der Waals surface area (Å²) in [6.07, 6.45) is -0.367. The predicted octanol–water partition coefficient (Wildman–Crippen LogP) is 4.57. The van der Waals surface area contributed by atoms with E-state index in [1.807, 2.05) is 25.3 Å². The number of aromatic nitrogens is 1. The van der Waals surface area contributed by atoms with E-state index in [2.05, 4.69) is 4.99 Å². The molecule has 2 atom stereocenters. The average Bonchev–Trinajstić information content (AvgIpc) is 3.15. The minimum absolute atomic E-state index is 0.129. The quantitative estimate of drug-likeness (QED) is 0.497. The molecule has 1 aromatic heterocycles. The Balaban J connectivity index is 1.65.